The van der Waals surface area contributed by atoms with Crippen LogP contribution in [0.5, 0.6) is 0 Å². The fourth-order valence-corrected chi connectivity index (χ4v) is 3.48. The molecule has 2 aliphatic rings. The van der Waals surface area contributed by atoms with Crippen LogP contribution in [-0.4, -0.2) is 32.4 Å². The van der Waals surface area contributed by atoms with E-state index in [4.69, 9.17) is 5.11 Å². The normalized spacial score (nSPS) is 17.1. The SMILES string of the molecule is O=S(=O)(NCCO)c1ccc(C2=CN=C3CC(F)=CC=C23)cc1. The van der Waals surface area contributed by atoms with E-state index in [-0.39, 0.29) is 30.3 Å². The fourth-order valence-electron chi connectivity index (χ4n) is 2.46. The highest BCUT2D eigenvalue weighted by atomic mass is 32.2. The number of sulfonamides is 1. The molecule has 0 spiro atoms. The standard InChI is InChI=1S/C16H15FN2O3S/c17-12-3-6-14-15(10-18-16(14)9-12)11-1-4-13(5-2-11)23(21,22)19-7-8-20/h1-6,10,19-20H,7-9H2. The molecule has 0 atom stereocenters. The lowest BCUT2D eigenvalue weighted by Gasteiger charge is -2.12. The van der Waals surface area contributed by atoms with Crippen LogP contribution in [0.25, 0.3) is 5.57 Å². The number of aliphatic hydroxyl groups is 1. The van der Waals surface area contributed by atoms with Gasteiger partial charge < -0.3 is 5.11 Å². The van der Waals surface area contributed by atoms with Crippen LogP contribution in [0.1, 0.15) is 12.0 Å². The van der Waals surface area contributed by atoms with Crippen LogP contribution >= 0.6 is 0 Å². The smallest absolute Gasteiger partial charge is 0.240 e. The van der Waals surface area contributed by atoms with Gasteiger partial charge in [-0.15, -0.1) is 0 Å². The molecule has 23 heavy (non-hydrogen) atoms. The Morgan fingerprint density at radius 3 is 2.61 bits per heavy atom. The predicted octanol–water partition coefficient (Wildman–Crippen LogP) is 1.94. The summed E-state index contributed by atoms with van der Waals surface area (Å²) >= 11 is 0. The van der Waals surface area contributed by atoms with E-state index in [0.29, 0.717) is 5.71 Å². The van der Waals surface area contributed by atoms with Crippen molar-refractivity contribution >= 4 is 21.3 Å². The van der Waals surface area contributed by atoms with E-state index in [1.54, 1.807) is 24.4 Å². The van der Waals surface area contributed by atoms with Gasteiger partial charge in [-0.3, -0.25) is 4.99 Å². The number of allylic oxidation sites excluding steroid dienone is 5. The molecule has 120 valence electrons. The lowest BCUT2D eigenvalue weighted by molar-refractivity contribution is 0.301. The summed E-state index contributed by atoms with van der Waals surface area (Å²) in [6.07, 6.45) is 4.96. The lowest BCUT2D eigenvalue weighted by Crippen LogP contribution is -2.26. The van der Waals surface area contributed by atoms with Gasteiger partial charge in [-0.25, -0.2) is 17.5 Å². The van der Waals surface area contributed by atoms with Crippen LogP contribution < -0.4 is 4.72 Å². The average molecular weight is 334 g/mol. The average Bonchev–Trinajstić information content (AvgIpc) is 2.96. The number of benzene rings is 1. The van der Waals surface area contributed by atoms with Crippen LogP contribution in [0.15, 0.2) is 63.9 Å². The van der Waals surface area contributed by atoms with Crippen molar-refractivity contribution < 1.29 is 17.9 Å². The van der Waals surface area contributed by atoms with Crippen LogP contribution in [0.4, 0.5) is 4.39 Å². The number of fused-ring (bicyclic) bond motifs is 1. The van der Waals surface area contributed by atoms with E-state index < -0.39 is 10.0 Å². The first kappa shape index (κ1) is 15.8. The van der Waals surface area contributed by atoms with Gasteiger partial charge in [0, 0.05) is 30.3 Å². The highest BCUT2D eigenvalue weighted by Crippen LogP contribution is 2.34. The molecule has 0 amide bonds. The third kappa shape index (κ3) is 3.17. The summed E-state index contributed by atoms with van der Waals surface area (Å²) in [5.41, 5.74) is 3.20. The van der Waals surface area contributed by atoms with Crippen LogP contribution in [0.2, 0.25) is 0 Å². The van der Waals surface area contributed by atoms with Gasteiger partial charge in [0.1, 0.15) is 5.83 Å². The van der Waals surface area contributed by atoms with Crippen LogP contribution in [0.3, 0.4) is 0 Å². The van der Waals surface area contributed by atoms with Crippen LogP contribution in [-0.2, 0) is 10.0 Å². The Labute approximate surface area is 133 Å². The second-order valence-electron chi connectivity index (χ2n) is 5.13. The molecular weight excluding hydrogens is 319 g/mol. The molecule has 1 aromatic carbocycles. The first-order chi connectivity index (χ1) is 11.0. The lowest BCUT2D eigenvalue weighted by atomic mass is 9.93. The molecule has 0 aromatic heterocycles. The van der Waals surface area contributed by atoms with Gasteiger partial charge in [-0.2, -0.15) is 0 Å². The second kappa shape index (κ2) is 6.19. The van der Waals surface area contributed by atoms with Crippen molar-refractivity contribution in [3.63, 3.8) is 0 Å². The maximum absolute atomic E-state index is 13.3. The van der Waals surface area contributed by atoms with Crippen molar-refractivity contribution in [2.75, 3.05) is 13.2 Å². The van der Waals surface area contributed by atoms with Crippen molar-refractivity contribution in [3.8, 4) is 0 Å². The van der Waals surface area contributed by atoms with Crippen molar-refractivity contribution in [2.24, 2.45) is 4.99 Å². The molecule has 0 radical (unpaired) electrons. The summed E-state index contributed by atoms with van der Waals surface area (Å²) in [6.45, 7) is -0.292. The molecule has 1 aromatic rings. The summed E-state index contributed by atoms with van der Waals surface area (Å²) in [5.74, 6) is -0.224. The molecule has 5 nitrogen and oxygen atoms in total. The summed E-state index contributed by atoms with van der Waals surface area (Å²) in [4.78, 5) is 4.35. The zero-order valence-electron chi connectivity index (χ0n) is 12.2. The van der Waals surface area contributed by atoms with Crippen molar-refractivity contribution in [1.82, 2.24) is 4.72 Å². The van der Waals surface area contributed by atoms with Gasteiger partial charge in [0.25, 0.3) is 0 Å². The van der Waals surface area contributed by atoms with E-state index >= 15 is 0 Å². The molecule has 0 unspecified atom stereocenters. The molecule has 0 saturated carbocycles. The van der Waals surface area contributed by atoms with Crippen LogP contribution in [0, 0.1) is 0 Å². The topological polar surface area (TPSA) is 78.8 Å². The third-order valence-corrected chi connectivity index (χ3v) is 5.07. The van der Waals surface area contributed by atoms with Gasteiger partial charge in [0.05, 0.1) is 17.2 Å². The van der Waals surface area contributed by atoms with E-state index in [1.165, 1.54) is 18.2 Å². The number of nitrogens with one attached hydrogen (secondary N) is 1. The highest BCUT2D eigenvalue weighted by Gasteiger charge is 2.23. The van der Waals surface area contributed by atoms with Gasteiger partial charge >= 0.3 is 0 Å². The molecule has 0 bridgehead atoms. The largest absolute Gasteiger partial charge is 0.395 e. The molecule has 0 fully saturated rings. The predicted molar refractivity (Wildman–Crippen MR) is 86.0 cm³/mol. The molecule has 3 rings (SSSR count). The van der Waals surface area contributed by atoms with Gasteiger partial charge in [-0.1, -0.05) is 12.1 Å². The Bertz CT molecular complexity index is 850. The zero-order valence-corrected chi connectivity index (χ0v) is 13.0. The molecule has 7 heteroatoms. The number of halogens is 1. The summed E-state index contributed by atoms with van der Waals surface area (Å²) < 4.78 is 39.5. The minimum absolute atomic E-state index is 0.0305. The van der Waals surface area contributed by atoms with E-state index in [2.05, 4.69) is 9.71 Å². The zero-order chi connectivity index (χ0) is 16.4. The highest BCUT2D eigenvalue weighted by molar-refractivity contribution is 7.89. The van der Waals surface area contributed by atoms with Crippen molar-refractivity contribution in [3.05, 3.63) is 59.6 Å². The third-order valence-electron chi connectivity index (χ3n) is 3.60. The van der Waals surface area contributed by atoms with E-state index in [0.717, 1.165) is 16.7 Å². The number of hydrogen-bond donors (Lipinski definition) is 2. The Balaban J connectivity index is 1.84. The molecular formula is C16H15FN2O3S. The summed E-state index contributed by atoms with van der Waals surface area (Å²) in [5, 5.41) is 8.71. The minimum Gasteiger partial charge on any atom is -0.395 e. The first-order valence-electron chi connectivity index (χ1n) is 7.06. The number of rotatable bonds is 5. The Morgan fingerprint density at radius 1 is 1.17 bits per heavy atom. The van der Waals surface area contributed by atoms with E-state index in [1.807, 2.05) is 0 Å². The van der Waals surface area contributed by atoms with Crippen molar-refractivity contribution in [2.45, 2.75) is 11.3 Å². The number of aliphatic hydroxyl groups excluding tert-OH is 1. The van der Waals surface area contributed by atoms with Gasteiger partial charge in [-0.05, 0) is 29.8 Å². The summed E-state index contributed by atoms with van der Waals surface area (Å²) in [7, 11) is -3.63. The fraction of sp³-hybridized carbons (Fsp3) is 0.188. The Morgan fingerprint density at radius 2 is 1.91 bits per heavy atom. The number of aliphatic imine (C=N–C) groups is 1. The van der Waals surface area contributed by atoms with Gasteiger partial charge in [0.15, 0.2) is 0 Å². The van der Waals surface area contributed by atoms with Gasteiger partial charge in [0.2, 0.25) is 10.0 Å². The molecule has 1 aliphatic carbocycles. The second-order valence-corrected chi connectivity index (χ2v) is 6.90. The molecule has 1 heterocycles. The first-order valence-corrected chi connectivity index (χ1v) is 8.54. The molecule has 1 aliphatic heterocycles. The quantitative estimate of drug-likeness (QED) is 0.864. The Kier molecular flexibility index (Phi) is 4.25. The summed E-state index contributed by atoms with van der Waals surface area (Å²) in [6, 6.07) is 6.36. The maximum atomic E-state index is 13.3. The van der Waals surface area contributed by atoms with Crippen molar-refractivity contribution in [1.29, 1.82) is 0 Å². The molecule has 0 saturated heterocycles. The van der Waals surface area contributed by atoms with E-state index in [9.17, 15) is 12.8 Å². The Hall–Kier alpha value is -2.09. The maximum Gasteiger partial charge on any atom is 0.240 e. The number of nitrogens with zero attached hydrogens (tertiary/aromatic N) is 1. The molecule has 2 N–H and O–H groups in total. The number of hydrogen-bond acceptors (Lipinski definition) is 4. The monoisotopic (exact) mass is 334 g/mol. The minimum atomic E-state index is -3.63.